The molecule has 1 aromatic carbocycles. The van der Waals surface area contributed by atoms with Crippen LogP contribution in [-0.4, -0.2) is 22.8 Å². The molecule has 0 spiro atoms. The van der Waals surface area contributed by atoms with E-state index >= 15 is 0 Å². The first-order chi connectivity index (χ1) is 11.6. The summed E-state index contributed by atoms with van der Waals surface area (Å²) in [6.45, 7) is 5.18. The van der Waals surface area contributed by atoms with Gasteiger partial charge in [0, 0.05) is 17.0 Å². The van der Waals surface area contributed by atoms with E-state index in [1.165, 1.54) is 0 Å². The second-order valence-electron chi connectivity index (χ2n) is 6.53. The molecule has 0 bridgehead atoms. The van der Waals surface area contributed by atoms with E-state index in [1.807, 2.05) is 41.8 Å². The highest BCUT2D eigenvalue weighted by Crippen LogP contribution is 2.27. The number of hydrogen-bond acceptors (Lipinski definition) is 3. The Morgan fingerprint density at radius 2 is 2.04 bits per heavy atom. The maximum atomic E-state index is 12.8. The minimum absolute atomic E-state index is 0.0393. The average Bonchev–Trinajstić information content (AvgIpc) is 3.19. The van der Waals surface area contributed by atoms with Crippen molar-refractivity contribution >= 4 is 23.2 Å². The lowest BCUT2D eigenvalue weighted by Gasteiger charge is -2.28. The van der Waals surface area contributed by atoms with Crippen LogP contribution in [0.1, 0.15) is 41.1 Å². The second kappa shape index (κ2) is 7.18. The van der Waals surface area contributed by atoms with Gasteiger partial charge in [0.1, 0.15) is 6.04 Å². The summed E-state index contributed by atoms with van der Waals surface area (Å²) < 4.78 is 0. The first-order valence-corrected chi connectivity index (χ1v) is 9.13. The van der Waals surface area contributed by atoms with Crippen LogP contribution in [0.15, 0.2) is 41.8 Å². The van der Waals surface area contributed by atoms with E-state index in [0.717, 1.165) is 16.0 Å². The van der Waals surface area contributed by atoms with Crippen molar-refractivity contribution in [1.82, 2.24) is 10.2 Å². The Labute approximate surface area is 146 Å². The maximum Gasteiger partial charge on any atom is 0.255 e. The summed E-state index contributed by atoms with van der Waals surface area (Å²) in [4.78, 5) is 28.3. The summed E-state index contributed by atoms with van der Waals surface area (Å²) in [7, 11) is 0. The van der Waals surface area contributed by atoms with Crippen LogP contribution in [0.2, 0.25) is 0 Å². The Bertz CT molecular complexity index is 725. The predicted molar refractivity (Wildman–Crippen MR) is 95.7 cm³/mol. The van der Waals surface area contributed by atoms with E-state index in [2.05, 4.69) is 19.2 Å². The zero-order chi connectivity index (χ0) is 17.1. The summed E-state index contributed by atoms with van der Waals surface area (Å²) in [5, 5.41) is 4.99. The first kappa shape index (κ1) is 16.7. The number of nitrogens with zero attached hydrogens (tertiary/aromatic N) is 1. The quantitative estimate of drug-likeness (QED) is 0.874. The lowest BCUT2D eigenvalue weighted by Crippen LogP contribution is -2.47. The molecule has 0 unspecified atom stereocenters. The van der Waals surface area contributed by atoms with Gasteiger partial charge in [-0.2, -0.15) is 0 Å². The normalized spacial score (nSPS) is 14.8. The van der Waals surface area contributed by atoms with Crippen molar-refractivity contribution in [2.45, 2.75) is 39.4 Å². The van der Waals surface area contributed by atoms with Gasteiger partial charge < -0.3 is 10.2 Å². The summed E-state index contributed by atoms with van der Waals surface area (Å²) in [5.41, 5.74) is 1.72. The fraction of sp³-hybridized carbons (Fsp3) is 0.368. The summed E-state index contributed by atoms with van der Waals surface area (Å²) in [5.74, 6) is 0.222. The van der Waals surface area contributed by atoms with Crippen LogP contribution in [0.5, 0.6) is 0 Å². The van der Waals surface area contributed by atoms with Crippen LogP contribution >= 0.6 is 11.3 Å². The molecule has 0 saturated carbocycles. The molecule has 1 aliphatic heterocycles. The van der Waals surface area contributed by atoms with Gasteiger partial charge in [-0.25, -0.2) is 0 Å². The Balaban J connectivity index is 1.74. The molecular formula is C19H22N2O2S. The van der Waals surface area contributed by atoms with Gasteiger partial charge in [-0.1, -0.05) is 38.1 Å². The molecule has 1 aromatic heterocycles. The van der Waals surface area contributed by atoms with E-state index in [1.54, 1.807) is 16.2 Å². The molecule has 4 nitrogen and oxygen atoms in total. The molecule has 24 heavy (non-hydrogen) atoms. The molecule has 1 atom stereocenters. The van der Waals surface area contributed by atoms with E-state index in [4.69, 9.17) is 0 Å². The van der Waals surface area contributed by atoms with Gasteiger partial charge in [0.25, 0.3) is 5.91 Å². The minimum Gasteiger partial charge on any atom is -0.349 e. The zero-order valence-corrected chi connectivity index (χ0v) is 14.8. The van der Waals surface area contributed by atoms with Gasteiger partial charge in [0.05, 0.1) is 6.54 Å². The van der Waals surface area contributed by atoms with Gasteiger partial charge in [0.15, 0.2) is 0 Å². The molecule has 2 heterocycles. The number of hydrogen-bond donors (Lipinski definition) is 1. The number of carbonyl (C=O) groups excluding carboxylic acids is 2. The summed E-state index contributed by atoms with van der Waals surface area (Å²) in [6, 6.07) is 11.2. The van der Waals surface area contributed by atoms with Gasteiger partial charge >= 0.3 is 0 Å². The van der Waals surface area contributed by atoms with E-state index in [9.17, 15) is 9.59 Å². The van der Waals surface area contributed by atoms with Gasteiger partial charge in [-0.3, -0.25) is 9.59 Å². The molecule has 1 aliphatic rings. The second-order valence-corrected chi connectivity index (χ2v) is 7.56. The van der Waals surface area contributed by atoms with Crippen molar-refractivity contribution in [2.75, 3.05) is 0 Å². The monoisotopic (exact) mass is 342 g/mol. The number of thiophene rings is 1. The average molecular weight is 342 g/mol. The predicted octanol–water partition coefficient (Wildman–Crippen LogP) is 3.44. The largest absolute Gasteiger partial charge is 0.349 e. The lowest BCUT2D eigenvalue weighted by atomic mass is 10.0. The van der Waals surface area contributed by atoms with Crippen LogP contribution in [0.3, 0.4) is 0 Å². The van der Waals surface area contributed by atoms with Crippen LogP contribution in [0.25, 0.3) is 0 Å². The van der Waals surface area contributed by atoms with Crippen LogP contribution in [0.4, 0.5) is 0 Å². The van der Waals surface area contributed by atoms with Gasteiger partial charge in [0.2, 0.25) is 5.91 Å². The van der Waals surface area contributed by atoms with Crippen LogP contribution < -0.4 is 5.32 Å². The molecule has 2 amide bonds. The van der Waals surface area contributed by atoms with Gasteiger partial charge in [-0.05, 0) is 35.4 Å². The lowest BCUT2D eigenvalue weighted by molar-refractivity contribution is -0.126. The molecule has 0 saturated heterocycles. The molecule has 0 radical (unpaired) electrons. The highest BCUT2D eigenvalue weighted by Gasteiger charge is 2.36. The fourth-order valence-electron chi connectivity index (χ4n) is 3.06. The van der Waals surface area contributed by atoms with Crippen molar-refractivity contribution in [3.63, 3.8) is 0 Å². The Hall–Kier alpha value is -2.14. The molecule has 0 aliphatic carbocycles. The van der Waals surface area contributed by atoms with E-state index in [-0.39, 0.29) is 11.8 Å². The van der Waals surface area contributed by atoms with Gasteiger partial charge in [-0.15, -0.1) is 11.3 Å². The van der Waals surface area contributed by atoms with Crippen molar-refractivity contribution in [3.8, 4) is 0 Å². The molecule has 3 rings (SSSR count). The van der Waals surface area contributed by atoms with E-state index in [0.29, 0.717) is 25.4 Å². The molecule has 1 N–H and O–H groups in total. The smallest absolute Gasteiger partial charge is 0.255 e. The molecule has 2 aromatic rings. The highest BCUT2D eigenvalue weighted by atomic mass is 32.1. The first-order valence-electron chi connectivity index (χ1n) is 8.25. The number of benzene rings is 1. The van der Waals surface area contributed by atoms with Crippen LogP contribution in [-0.2, 0) is 17.9 Å². The van der Waals surface area contributed by atoms with E-state index < -0.39 is 6.04 Å². The van der Waals surface area contributed by atoms with Crippen molar-refractivity contribution < 1.29 is 9.59 Å². The van der Waals surface area contributed by atoms with Crippen molar-refractivity contribution in [1.29, 1.82) is 0 Å². The number of amides is 2. The third-order valence-corrected chi connectivity index (χ3v) is 5.12. The van der Waals surface area contributed by atoms with Crippen molar-refractivity contribution in [3.05, 3.63) is 57.8 Å². The number of rotatable bonds is 6. The fourth-order valence-corrected chi connectivity index (χ4v) is 3.70. The van der Waals surface area contributed by atoms with Crippen LogP contribution in [0, 0.1) is 5.92 Å². The SMILES string of the molecule is CC(C)C[C@H](C(=O)NCc1cccs1)N1Cc2ccccc2C1=O. The molecule has 0 fully saturated rings. The molecule has 5 heteroatoms. The third-order valence-electron chi connectivity index (χ3n) is 4.24. The van der Waals surface area contributed by atoms with Crippen molar-refractivity contribution in [2.24, 2.45) is 5.92 Å². The Kier molecular flexibility index (Phi) is 5.00. The number of fused-ring (bicyclic) bond motifs is 1. The topological polar surface area (TPSA) is 49.4 Å². The minimum atomic E-state index is -0.426. The number of nitrogens with one attached hydrogen (secondary N) is 1. The molecule has 126 valence electrons. The Morgan fingerprint density at radius 1 is 1.25 bits per heavy atom. The summed E-state index contributed by atoms with van der Waals surface area (Å²) in [6.07, 6.45) is 0.663. The maximum absolute atomic E-state index is 12.8. The summed E-state index contributed by atoms with van der Waals surface area (Å²) >= 11 is 1.62. The zero-order valence-electron chi connectivity index (χ0n) is 14.0. The standard InChI is InChI=1S/C19H22N2O2S/c1-13(2)10-17(18(22)20-11-15-7-5-9-24-15)21-12-14-6-3-4-8-16(14)19(21)23/h3-9,13,17H,10-12H2,1-2H3,(H,20,22)/t17-/m1/s1. The molecular weight excluding hydrogens is 320 g/mol. The third kappa shape index (κ3) is 3.51. The highest BCUT2D eigenvalue weighted by molar-refractivity contribution is 7.09. The Morgan fingerprint density at radius 3 is 2.71 bits per heavy atom. The number of carbonyl (C=O) groups is 2.